The summed E-state index contributed by atoms with van der Waals surface area (Å²) in [6.45, 7) is 0.150. The molecular formula is C17H15FN8O2S. The average Bonchev–Trinajstić information content (AvgIpc) is 3.03. The Balaban J connectivity index is 1.79. The Labute approximate surface area is 164 Å². The summed E-state index contributed by atoms with van der Waals surface area (Å²) in [4.78, 5) is 8.44. The molecule has 3 aromatic heterocycles. The average molecular weight is 414 g/mol. The van der Waals surface area contributed by atoms with Crippen molar-refractivity contribution < 1.29 is 12.8 Å². The molecule has 10 nitrogen and oxygen atoms in total. The van der Waals surface area contributed by atoms with Crippen molar-refractivity contribution in [2.75, 3.05) is 16.7 Å². The topological polar surface area (TPSA) is 142 Å². The van der Waals surface area contributed by atoms with Crippen molar-refractivity contribution in [3.63, 3.8) is 0 Å². The Morgan fingerprint density at radius 2 is 1.97 bits per heavy atom. The van der Waals surface area contributed by atoms with Crippen LogP contribution in [0.1, 0.15) is 5.56 Å². The summed E-state index contributed by atoms with van der Waals surface area (Å²) in [7, 11) is -3.58. The number of rotatable bonds is 5. The van der Waals surface area contributed by atoms with Gasteiger partial charge in [-0.2, -0.15) is 5.10 Å². The molecule has 0 aliphatic carbocycles. The number of halogens is 1. The number of hydrogen-bond acceptors (Lipinski definition) is 8. The second kappa shape index (κ2) is 7.05. The van der Waals surface area contributed by atoms with Gasteiger partial charge in [-0.15, -0.1) is 10.2 Å². The van der Waals surface area contributed by atoms with Crippen LogP contribution in [0.5, 0.6) is 0 Å². The number of anilines is 2. The number of fused-ring (bicyclic) bond motifs is 1. The first kappa shape index (κ1) is 18.7. The number of aromatic nitrogens is 6. The van der Waals surface area contributed by atoms with E-state index in [2.05, 4.69) is 30.0 Å². The molecule has 0 aliphatic rings. The van der Waals surface area contributed by atoms with Crippen LogP contribution in [-0.4, -0.2) is 44.6 Å². The third-order valence-electron chi connectivity index (χ3n) is 3.99. The Hall–Kier alpha value is -3.67. The Morgan fingerprint density at radius 1 is 1.17 bits per heavy atom. The highest BCUT2D eigenvalue weighted by atomic mass is 32.2. The van der Waals surface area contributed by atoms with Crippen molar-refractivity contribution in [1.82, 2.24) is 29.9 Å². The zero-order valence-electron chi connectivity index (χ0n) is 15.1. The number of sulfonamides is 1. The summed E-state index contributed by atoms with van der Waals surface area (Å²) in [6, 6.07) is 9.86. The smallest absolute Gasteiger partial charge is 0.231 e. The first-order valence-electron chi connectivity index (χ1n) is 8.35. The van der Waals surface area contributed by atoms with Crippen LogP contribution in [0, 0.1) is 5.82 Å². The van der Waals surface area contributed by atoms with Gasteiger partial charge in [-0.05, 0) is 18.2 Å². The molecular weight excluding hydrogens is 399 g/mol. The highest BCUT2D eigenvalue weighted by Crippen LogP contribution is 2.26. The van der Waals surface area contributed by atoms with E-state index in [0.717, 1.165) is 6.26 Å². The van der Waals surface area contributed by atoms with Crippen molar-refractivity contribution in [1.29, 1.82) is 0 Å². The molecule has 0 amide bonds. The summed E-state index contributed by atoms with van der Waals surface area (Å²) >= 11 is 0. The Kier molecular flexibility index (Phi) is 4.54. The monoisotopic (exact) mass is 414 g/mol. The molecule has 0 fully saturated rings. The van der Waals surface area contributed by atoms with E-state index in [-0.39, 0.29) is 29.8 Å². The van der Waals surface area contributed by atoms with Crippen molar-refractivity contribution in [3.8, 4) is 11.5 Å². The van der Waals surface area contributed by atoms with Gasteiger partial charge in [-0.3, -0.25) is 4.72 Å². The minimum absolute atomic E-state index is 0.0897. The standard InChI is InChI=1S/C17H15FN8O2S/c1-29(27,28)25-16-14(19)21-15(22-23-16)13-11-6-4-8-20-17(11)26(24-13)9-10-5-2-3-7-12(10)18/h2-8H,9H2,1H3,(H,23,25)(H2,19,21,22). The van der Waals surface area contributed by atoms with Gasteiger partial charge in [0, 0.05) is 11.8 Å². The molecule has 0 saturated heterocycles. The fourth-order valence-electron chi connectivity index (χ4n) is 2.76. The van der Waals surface area contributed by atoms with Gasteiger partial charge in [0.15, 0.2) is 11.5 Å². The predicted molar refractivity (Wildman–Crippen MR) is 105 cm³/mol. The fraction of sp³-hybridized carbons (Fsp3) is 0.118. The third kappa shape index (κ3) is 3.82. The number of benzene rings is 1. The summed E-state index contributed by atoms with van der Waals surface area (Å²) in [5.74, 6) is -0.593. The van der Waals surface area contributed by atoms with Gasteiger partial charge in [0.1, 0.15) is 11.5 Å². The lowest BCUT2D eigenvalue weighted by Gasteiger charge is -2.05. The predicted octanol–water partition coefficient (Wildman–Crippen LogP) is 1.42. The molecule has 0 radical (unpaired) electrons. The largest absolute Gasteiger partial charge is 0.380 e. The third-order valence-corrected chi connectivity index (χ3v) is 4.56. The van der Waals surface area contributed by atoms with Gasteiger partial charge in [-0.25, -0.2) is 27.5 Å². The van der Waals surface area contributed by atoms with Crippen molar-refractivity contribution in [3.05, 3.63) is 54.0 Å². The van der Waals surface area contributed by atoms with Gasteiger partial charge in [-0.1, -0.05) is 18.2 Å². The second-order valence-electron chi connectivity index (χ2n) is 6.22. The van der Waals surface area contributed by atoms with Gasteiger partial charge in [0.2, 0.25) is 21.7 Å². The SMILES string of the molecule is CS(=O)(=O)Nc1nnc(-c2nn(Cc3ccccc3F)c3ncccc23)nc1N. The molecule has 0 saturated carbocycles. The van der Waals surface area contributed by atoms with Crippen LogP contribution in [0.15, 0.2) is 42.6 Å². The molecule has 4 rings (SSSR count). The van der Waals surface area contributed by atoms with Crippen LogP contribution in [0.3, 0.4) is 0 Å². The zero-order valence-corrected chi connectivity index (χ0v) is 15.9. The van der Waals surface area contributed by atoms with E-state index in [1.165, 1.54) is 10.7 Å². The van der Waals surface area contributed by atoms with E-state index in [1.807, 2.05) is 0 Å². The summed E-state index contributed by atoms with van der Waals surface area (Å²) in [5.41, 5.74) is 7.11. The van der Waals surface area contributed by atoms with E-state index in [0.29, 0.717) is 22.3 Å². The highest BCUT2D eigenvalue weighted by Gasteiger charge is 2.19. The normalized spacial score (nSPS) is 11.7. The lowest BCUT2D eigenvalue weighted by atomic mass is 10.2. The Morgan fingerprint density at radius 3 is 2.69 bits per heavy atom. The number of pyridine rings is 1. The summed E-state index contributed by atoms with van der Waals surface area (Å²) < 4.78 is 40.5. The molecule has 148 valence electrons. The second-order valence-corrected chi connectivity index (χ2v) is 7.96. The first-order valence-corrected chi connectivity index (χ1v) is 10.2. The van der Waals surface area contributed by atoms with Crippen molar-refractivity contribution in [2.24, 2.45) is 0 Å². The minimum atomic E-state index is -3.58. The molecule has 0 bridgehead atoms. The van der Waals surface area contributed by atoms with Crippen molar-refractivity contribution in [2.45, 2.75) is 6.54 Å². The molecule has 4 aromatic rings. The van der Waals surface area contributed by atoms with Crippen LogP contribution in [0.4, 0.5) is 16.0 Å². The van der Waals surface area contributed by atoms with Crippen LogP contribution in [0.2, 0.25) is 0 Å². The maximum absolute atomic E-state index is 14.1. The molecule has 0 atom stereocenters. The van der Waals surface area contributed by atoms with E-state index in [9.17, 15) is 12.8 Å². The Bertz CT molecular complexity index is 1320. The molecule has 3 heterocycles. The molecule has 0 spiro atoms. The number of nitrogens with two attached hydrogens (primary N) is 1. The maximum atomic E-state index is 14.1. The molecule has 1 aromatic carbocycles. The van der Waals surface area contributed by atoms with Gasteiger partial charge < -0.3 is 5.73 Å². The van der Waals surface area contributed by atoms with Crippen molar-refractivity contribution >= 4 is 32.7 Å². The van der Waals surface area contributed by atoms with Crippen LogP contribution in [0.25, 0.3) is 22.6 Å². The quantitative estimate of drug-likeness (QED) is 0.499. The van der Waals surface area contributed by atoms with Gasteiger partial charge in [0.25, 0.3) is 0 Å². The first-order chi connectivity index (χ1) is 13.8. The molecule has 0 unspecified atom stereocenters. The molecule has 29 heavy (non-hydrogen) atoms. The number of nitrogens with one attached hydrogen (secondary N) is 1. The summed E-state index contributed by atoms with van der Waals surface area (Å²) in [6.07, 6.45) is 2.56. The number of hydrogen-bond donors (Lipinski definition) is 2. The molecule has 0 aliphatic heterocycles. The van der Waals surface area contributed by atoms with E-state index in [1.54, 1.807) is 36.5 Å². The van der Waals surface area contributed by atoms with E-state index in [4.69, 9.17) is 5.73 Å². The van der Waals surface area contributed by atoms with Crippen LogP contribution < -0.4 is 10.5 Å². The van der Waals surface area contributed by atoms with Crippen LogP contribution in [-0.2, 0) is 16.6 Å². The summed E-state index contributed by atoms with van der Waals surface area (Å²) in [5, 5.41) is 12.8. The molecule has 3 N–H and O–H groups in total. The lowest BCUT2D eigenvalue weighted by molar-refractivity contribution is 0.589. The maximum Gasteiger partial charge on any atom is 0.231 e. The van der Waals surface area contributed by atoms with Gasteiger partial charge >= 0.3 is 0 Å². The lowest BCUT2D eigenvalue weighted by Crippen LogP contribution is -2.14. The van der Waals surface area contributed by atoms with E-state index < -0.39 is 10.0 Å². The zero-order chi connectivity index (χ0) is 20.6. The van der Waals surface area contributed by atoms with E-state index >= 15 is 0 Å². The van der Waals surface area contributed by atoms with Gasteiger partial charge in [0.05, 0.1) is 18.2 Å². The molecule has 12 heteroatoms. The fourth-order valence-corrected chi connectivity index (χ4v) is 3.26. The minimum Gasteiger partial charge on any atom is -0.380 e. The number of nitrogen functional groups attached to an aromatic ring is 1. The highest BCUT2D eigenvalue weighted by molar-refractivity contribution is 7.92. The van der Waals surface area contributed by atoms with Crippen LogP contribution >= 0.6 is 0 Å². The number of nitrogens with zero attached hydrogens (tertiary/aromatic N) is 6.